The number of rotatable bonds is 3. The number of urea groups is 1. The number of ether oxygens (including phenoxy) is 1. The van der Waals surface area contributed by atoms with Gasteiger partial charge in [0.25, 0.3) is 0 Å². The van der Waals surface area contributed by atoms with Crippen molar-refractivity contribution in [2.24, 2.45) is 0 Å². The highest BCUT2D eigenvalue weighted by Gasteiger charge is 2.31. The smallest absolute Gasteiger partial charge is 0.315 e. The Bertz CT molecular complexity index is 246. The molecule has 1 atom stereocenters. The van der Waals surface area contributed by atoms with Crippen molar-refractivity contribution < 1.29 is 14.6 Å². The molecule has 2 aliphatic rings. The van der Waals surface area contributed by atoms with E-state index in [1.165, 1.54) is 0 Å². The standard InChI is InChI=1S/C11H20N2O3/c14-10(13-9-3-6-16-7-9)12-8-11(15)4-1-2-5-11/h9,15H,1-8H2,(H2,12,13,14). The van der Waals surface area contributed by atoms with Gasteiger partial charge in [0.05, 0.1) is 18.2 Å². The normalized spacial score (nSPS) is 27.9. The first-order valence-corrected chi connectivity index (χ1v) is 6.02. The van der Waals surface area contributed by atoms with Crippen molar-refractivity contribution in [1.82, 2.24) is 10.6 Å². The maximum atomic E-state index is 11.5. The molecule has 2 amide bonds. The molecule has 1 aliphatic heterocycles. The van der Waals surface area contributed by atoms with Gasteiger partial charge >= 0.3 is 6.03 Å². The van der Waals surface area contributed by atoms with Crippen LogP contribution < -0.4 is 10.6 Å². The van der Waals surface area contributed by atoms with Crippen LogP contribution in [0.25, 0.3) is 0 Å². The van der Waals surface area contributed by atoms with E-state index in [0.29, 0.717) is 13.2 Å². The van der Waals surface area contributed by atoms with Gasteiger partial charge in [-0.25, -0.2) is 4.79 Å². The minimum atomic E-state index is -0.677. The monoisotopic (exact) mass is 228 g/mol. The largest absolute Gasteiger partial charge is 0.388 e. The third-order valence-electron chi connectivity index (χ3n) is 3.38. The zero-order chi connectivity index (χ0) is 11.4. The van der Waals surface area contributed by atoms with Gasteiger partial charge in [-0.2, -0.15) is 0 Å². The average molecular weight is 228 g/mol. The summed E-state index contributed by atoms with van der Waals surface area (Å²) >= 11 is 0. The van der Waals surface area contributed by atoms with Crippen LogP contribution in [0.2, 0.25) is 0 Å². The summed E-state index contributed by atoms with van der Waals surface area (Å²) in [5.74, 6) is 0. The molecule has 0 radical (unpaired) electrons. The second kappa shape index (κ2) is 5.01. The SMILES string of the molecule is O=C(NCC1(O)CCCC1)NC1CCOC1. The topological polar surface area (TPSA) is 70.6 Å². The highest BCUT2D eigenvalue weighted by molar-refractivity contribution is 5.74. The van der Waals surface area contributed by atoms with Gasteiger partial charge in [-0.1, -0.05) is 12.8 Å². The Morgan fingerprint density at radius 3 is 2.81 bits per heavy atom. The van der Waals surface area contributed by atoms with E-state index in [0.717, 1.165) is 38.7 Å². The molecule has 16 heavy (non-hydrogen) atoms. The Kier molecular flexibility index (Phi) is 3.66. The van der Waals surface area contributed by atoms with Gasteiger partial charge in [0.15, 0.2) is 0 Å². The molecule has 5 heteroatoms. The molecule has 3 N–H and O–H groups in total. The predicted octanol–water partition coefficient (Wildman–Crippen LogP) is 0.380. The lowest BCUT2D eigenvalue weighted by Gasteiger charge is -2.23. The minimum Gasteiger partial charge on any atom is -0.388 e. The molecule has 1 aliphatic carbocycles. The lowest BCUT2D eigenvalue weighted by Crippen LogP contribution is -2.48. The maximum absolute atomic E-state index is 11.5. The summed E-state index contributed by atoms with van der Waals surface area (Å²) in [6.07, 6.45) is 4.56. The molecule has 1 saturated carbocycles. The van der Waals surface area contributed by atoms with Crippen LogP contribution in [0.5, 0.6) is 0 Å². The summed E-state index contributed by atoms with van der Waals surface area (Å²) in [5, 5.41) is 15.6. The lowest BCUT2D eigenvalue weighted by molar-refractivity contribution is 0.0500. The van der Waals surface area contributed by atoms with Gasteiger partial charge in [0.2, 0.25) is 0 Å². The minimum absolute atomic E-state index is 0.123. The van der Waals surface area contributed by atoms with Crippen molar-refractivity contribution in [3.05, 3.63) is 0 Å². The van der Waals surface area contributed by atoms with Crippen molar-refractivity contribution in [3.8, 4) is 0 Å². The lowest BCUT2D eigenvalue weighted by atomic mass is 10.0. The Labute approximate surface area is 95.5 Å². The number of amides is 2. The van der Waals surface area contributed by atoms with E-state index in [2.05, 4.69) is 10.6 Å². The molecule has 1 heterocycles. The van der Waals surface area contributed by atoms with Crippen LogP contribution in [0.3, 0.4) is 0 Å². The van der Waals surface area contributed by atoms with Gasteiger partial charge in [0, 0.05) is 13.2 Å². The molecular weight excluding hydrogens is 208 g/mol. The predicted molar refractivity (Wildman–Crippen MR) is 59.2 cm³/mol. The number of carbonyl (C=O) groups is 1. The van der Waals surface area contributed by atoms with Crippen LogP contribution in [-0.4, -0.2) is 42.5 Å². The quantitative estimate of drug-likeness (QED) is 0.654. The second-order valence-corrected chi connectivity index (χ2v) is 4.82. The Balaban J connectivity index is 1.66. The Morgan fingerprint density at radius 2 is 2.19 bits per heavy atom. The average Bonchev–Trinajstić information content (AvgIpc) is 2.88. The van der Waals surface area contributed by atoms with Gasteiger partial charge in [-0.05, 0) is 19.3 Å². The third-order valence-corrected chi connectivity index (χ3v) is 3.38. The highest BCUT2D eigenvalue weighted by atomic mass is 16.5. The van der Waals surface area contributed by atoms with E-state index < -0.39 is 5.60 Å². The molecule has 1 unspecified atom stereocenters. The Hall–Kier alpha value is -0.810. The molecule has 2 fully saturated rings. The molecule has 0 aromatic rings. The van der Waals surface area contributed by atoms with Crippen LogP contribution >= 0.6 is 0 Å². The molecule has 1 saturated heterocycles. The fourth-order valence-electron chi connectivity index (χ4n) is 2.34. The summed E-state index contributed by atoms with van der Waals surface area (Å²) in [7, 11) is 0. The van der Waals surface area contributed by atoms with Crippen LogP contribution in [0.4, 0.5) is 4.79 Å². The third kappa shape index (κ3) is 3.09. The molecule has 0 aromatic carbocycles. The molecule has 5 nitrogen and oxygen atoms in total. The van der Waals surface area contributed by atoms with Crippen molar-refractivity contribution >= 4 is 6.03 Å². The van der Waals surface area contributed by atoms with Crippen molar-refractivity contribution in [2.75, 3.05) is 19.8 Å². The summed E-state index contributed by atoms with van der Waals surface area (Å²) in [6.45, 7) is 1.67. The van der Waals surface area contributed by atoms with Gasteiger partial charge in [-0.3, -0.25) is 0 Å². The van der Waals surface area contributed by atoms with Crippen molar-refractivity contribution in [1.29, 1.82) is 0 Å². The highest BCUT2D eigenvalue weighted by Crippen LogP contribution is 2.28. The first kappa shape index (κ1) is 11.7. The number of aliphatic hydroxyl groups is 1. The summed E-state index contributed by atoms with van der Waals surface area (Å²) < 4.78 is 5.16. The van der Waals surface area contributed by atoms with E-state index in [4.69, 9.17) is 4.74 Å². The summed E-state index contributed by atoms with van der Waals surface area (Å²) in [4.78, 5) is 11.5. The molecule has 92 valence electrons. The Morgan fingerprint density at radius 1 is 1.44 bits per heavy atom. The van der Waals surface area contributed by atoms with Crippen LogP contribution in [0.1, 0.15) is 32.1 Å². The van der Waals surface area contributed by atoms with E-state index in [1.807, 2.05) is 0 Å². The fourth-order valence-corrected chi connectivity index (χ4v) is 2.34. The van der Waals surface area contributed by atoms with E-state index in [1.54, 1.807) is 0 Å². The van der Waals surface area contributed by atoms with Crippen LogP contribution in [-0.2, 0) is 4.74 Å². The molecule has 0 aromatic heterocycles. The summed E-state index contributed by atoms with van der Waals surface area (Å²) in [5.41, 5.74) is -0.677. The van der Waals surface area contributed by atoms with E-state index in [9.17, 15) is 9.90 Å². The van der Waals surface area contributed by atoms with Gasteiger partial charge in [-0.15, -0.1) is 0 Å². The number of nitrogens with one attached hydrogen (secondary N) is 2. The zero-order valence-electron chi connectivity index (χ0n) is 9.50. The van der Waals surface area contributed by atoms with E-state index >= 15 is 0 Å². The summed E-state index contributed by atoms with van der Waals surface area (Å²) in [6, 6.07) is -0.0750. The molecule has 0 spiro atoms. The number of hydrogen-bond acceptors (Lipinski definition) is 3. The zero-order valence-corrected chi connectivity index (χ0v) is 9.50. The van der Waals surface area contributed by atoms with Gasteiger partial charge in [0.1, 0.15) is 0 Å². The fraction of sp³-hybridized carbons (Fsp3) is 0.909. The van der Waals surface area contributed by atoms with E-state index in [-0.39, 0.29) is 12.1 Å². The first-order valence-electron chi connectivity index (χ1n) is 6.02. The van der Waals surface area contributed by atoms with Crippen molar-refractivity contribution in [2.45, 2.75) is 43.7 Å². The second-order valence-electron chi connectivity index (χ2n) is 4.82. The molecular formula is C11H20N2O3. The maximum Gasteiger partial charge on any atom is 0.315 e. The number of carbonyl (C=O) groups excluding carboxylic acids is 1. The number of hydrogen-bond donors (Lipinski definition) is 3. The van der Waals surface area contributed by atoms with Crippen molar-refractivity contribution in [3.63, 3.8) is 0 Å². The first-order chi connectivity index (χ1) is 7.68. The van der Waals surface area contributed by atoms with Gasteiger partial charge < -0.3 is 20.5 Å². The van der Waals surface area contributed by atoms with Crippen LogP contribution in [0, 0.1) is 0 Å². The van der Waals surface area contributed by atoms with Crippen LogP contribution in [0.15, 0.2) is 0 Å². The molecule has 0 bridgehead atoms. The molecule has 2 rings (SSSR count).